The Morgan fingerprint density at radius 1 is 0.944 bits per heavy atom. The van der Waals surface area contributed by atoms with Crippen LogP contribution in [0.2, 0.25) is 5.02 Å². The van der Waals surface area contributed by atoms with E-state index in [4.69, 9.17) is 16.9 Å². The third kappa shape index (κ3) is 2.31. The molecule has 2 aromatic carbocycles. The van der Waals surface area contributed by atoms with Gasteiger partial charge in [0.05, 0.1) is 17.2 Å². The molecule has 2 rings (SSSR count). The van der Waals surface area contributed by atoms with Gasteiger partial charge >= 0.3 is 0 Å². The zero-order chi connectivity index (χ0) is 13.3. The van der Waals surface area contributed by atoms with Crippen molar-refractivity contribution < 1.29 is 13.2 Å². The lowest BCUT2D eigenvalue weighted by atomic mass is 10.0. The van der Waals surface area contributed by atoms with Crippen LogP contribution in [0.25, 0.3) is 11.1 Å². The first-order valence-corrected chi connectivity index (χ1v) is 5.24. The van der Waals surface area contributed by atoms with E-state index in [2.05, 4.69) is 0 Å². The van der Waals surface area contributed by atoms with E-state index in [1.807, 2.05) is 0 Å². The fourth-order valence-electron chi connectivity index (χ4n) is 1.61. The molecular weight excluding hydrogens is 263 g/mol. The van der Waals surface area contributed by atoms with Gasteiger partial charge in [-0.3, -0.25) is 0 Å². The molecule has 0 aromatic heterocycles. The fourth-order valence-corrected chi connectivity index (χ4v) is 1.83. The van der Waals surface area contributed by atoms with E-state index in [0.29, 0.717) is 0 Å². The summed E-state index contributed by atoms with van der Waals surface area (Å²) in [6, 6.07) is 6.65. The van der Waals surface area contributed by atoms with Crippen LogP contribution in [0.5, 0.6) is 0 Å². The van der Waals surface area contributed by atoms with Crippen molar-refractivity contribution in [3.63, 3.8) is 0 Å². The zero-order valence-corrected chi connectivity index (χ0v) is 9.60. The Kier molecular flexibility index (Phi) is 3.26. The Bertz CT molecular complexity index is 619. The Labute approximate surface area is 106 Å². The summed E-state index contributed by atoms with van der Waals surface area (Å²) in [5, 5.41) is 8.61. The van der Waals surface area contributed by atoms with Gasteiger partial charge in [0.15, 0.2) is 0 Å². The number of rotatable bonds is 1. The maximum atomic E-state index is 13.7. The minimum atomic E-state index is -0.937. The molecule has 0 saturated heterocycles. The van der Waals surface area contributed by atoms with Gasteiger partial charge in [-0.15, -0.1) is 0 Å². The molecule has 0 heterocycles. The van der Waals surface area contributed by atoms with Crippen molar-refractivity contribution in [2.24, 2.45) is 0 Å². The second-order valence-electron chi connectivity index (χ2n) is 3.58. The number of nitrogens with zero attached hydrogens (tertiary/aromatic N) is 1. The molecule has 0 N–H and O–H groups in total. The molecule has 0 saturated carbocycles. The quantitative estimate of drug-likeness (QED) is 0.756. The smallest absolute Gasteiger partial charge is 0.135 e. The summed E-state index contributed by atoms with van der Waals surface area (Å²) in [6.45, 7) is 0. The molecule has 0 amide bonds. The lowest BCUT2D eigenvalue weighted by molar-refractivity contribution is 0.588. The van der Waals surface area contributed by atoms with Crippen LogP contribution >= 0.6 is 11.6 Å². The van der Waals surface area contributed by atoms with Crippen LogP contribution in [0.3, 0.4) is 0 Å². The van der Waals surface area contributed by atoms with E-state index >= 15 is 0 Å². The van der Waals surface area contributed by atoms with E-state index in [1.165, 1.54) is 6.07 Å². The van der Waals surface area contributed by atoms with Gasteiger partial charge < -0.3 is 0 Å². The van der Waals surface area contributed by atoms with E-state index in [-0.39, 0.29) is 16.1 Å². The summed E-state index contributed by atoms with van der Waals surface area (Å²) in [6.07, 6.45) is 0. The van der Waals surface area contributed by atoms with Crippen LogP contribution in [0, 0.1) is 28.8 Å². The Morgan fingerprint density at radius 3 is 2.06 bits per heavy atom. The molecule has 5 heteroatoms. The lowest BCUT2D eigenvalue weighted by Crippen LogP contribution is -1.93. The molecule has 0 radical (unpaired) electrons. The molecule has 0 aliphatic carbocycles. The van der Waals surface area contributed by atoms with Gasteiger partial charge in [0.25, 0.3) is 0 Å². The Morgan fingerprint density at radius 2 is 1.56 bits per heavy atom. The van der Waals surface area contributed by atoms with Crippen LogP contribution in [0.15, 0.2) is 30.3 Å². The van der Waals surface area contributed by atoms with Crippen LogP contribution in [-0.4, -0.2) is 0 Å². The third-order valence-corrected chi connectivity index (χ3v) is 2.54. The average Bonchev–Trinajstić information content (AvgIpc) is 2.26. The molecule has 2 aromatic rings. The monoisotopic (exact) mass is 267 g/mol. The maximum absolute atomic E-state index is 13.7. The molecule has 1 nitrogen and oxygen atoms in total. The molecule has 0 unspecified atom stereocenters. The number of halogens is 4. The lowest BCUT2D eigenvalue weighted by Gasteiger charge is -2.06. The summed E-state index contributed by atoms with van der Waals surface area (Å²) in [7, 11) is 0. The van der Waals surface area contributed by atoms with Crippen LogP contribution < -0.4 is 0 Å². The minimum Gasteiger partial charge on any atom is -0.207 e. The highest BCUT2D eigenvalue weighted by molar-refractivity contribution is 6.30. The first-order valence-electron chi connectivity index (χ1n) is 4.87. The largest absolute Gasteiger partial charge is 0.207 e. The fraction of sp³-hybridized carbons (Fsp3) is 0. The second-order valence-corrected chi connectivity index (χ2v) is 4.02. The van der Waals surface area contributed by atoms with Gasteiger partial charge in [0.1, 0.15) is 17.5 Å². The molecule has 90 valence electrons. The summed E-state index contributed by atoms with van der Waals surface area (Å²) < 4.78 is 40.5. The molecule has 0 aliphatic rings. The third-order valence-electron chi connectivity index (χ3n) is 2.32. The van der Waals surface area contributed by atoms with Crippen molar-refractivity contribution >= 4 is 11.6 Å². The molecule has 0 bridgehead atoms. The van der Waals surface area contributed by atoms with Crippen molar-refractivity contribution in [1.29, 1.82) is 5.26 Å². The summed E-state index contributed by atoms with van der Waals surface area (Å²) in [5.74, 6) is -2.57. The number of benzene rings is 2. The molecule has 0 spiro atoms. The maximum Gasteiger partial charge on any atom is 0.135 e. The predicted octanol–water partition coefficient (Wildman–Crippen LogP) is 4.30. The molecule has 0 atom stereocenters. The van der Waals surface area contributed by atoms with Crippen molar-refractivity contribution in [2.75, 3.05) is 0 Å². The Balaban J connectivity index is 2.68. The molecular formula is C13H5ClF3N. The zero-order valence-electron chi connectivity index (χ0n) is 8.85. The summed E-state index contributed by atoms with van der Waals surface area (Å²) >= 11 is 5.63. The van der Waals surface area contributed by atoms with Gasteiger partial charge in [-0.1, -0.05) is 11.6 Å². The van der Waals surface area contributed by atoms with Gasteiger partial charge in [-0.25, -0.2) is 13.2 Å². The molecule has 0 aliphatic heterocycles. The molecule has 18 heavy (non-hydrogen) atoms. The van der Waals surface area contributed by atoms with Crippen molar-refractivity contribution in [3.8, 4) is 17.2 Å². The SMILES string of the molecule is N#Cc1cc(F)c(-c2cc(F)cc(Cl)c2)c(F)c1. The van der Waals surface area contributed by atoms with E-state index in [0.717, 1.165) is 24.3 Å². The Hall–Kier alpha value is -1.99. The van der Waals surface area contributed by atoms with Crippen molar-refractivity contribution in [1.82, 2.24) is 0 Å². The molecule has 0 fully saturated rings. The van der Waals surface area contributed by atoms with E-state index in [9.17, 15) is 13.2 Å². The van der Waals surface area contributed by atoms with Crippen molar-refractivity contribution in [2.45, 2.75) is 0 Å². The highest BCUT2D eigenvalue weighted by atomic mass is 35.5. The van der Waals surface area contributed by atoms with Crippen LogP contribution in [-0.2, 0) is 0 Å². The van der Waals surface area contributed by atoms with Gasteiger partial charge in [0.2, 0.25) is 0 Å². The standard InChI is InChI=1S/C13H5ClF3N/c14-9-3-8(4-10(15)5-9)13-11(16)1-7(6-18)2-12(13)17/h1-5H. The summed E-state index contributed by atoms with van der Waals surface area (Å²) in [5.41, 5.74) is -0.564. The summed E-state index contributed by atoms with van der Waals surface area (Å²) in [4.78, 5) is 0. The average molecular weight is 268 g/mol. The normalized spacial score (nSPS) is 10.2. The van der Waals surface area contributed by atoms with Gasteiger partial charge in [-0.2, -0.15) is 5.26 Å². The topological polar surface area (TPSA) is 23.8 Å². The van der Waals surface area contributed by atoms with Gasteiger partial charge in [0, 0.05) is 5.02 Å². The highest BCUT2D eigenvalue weighted by Gasteiger charge is 2.14. The number of hydrogen-bond donors (Lipinski definition) is 0. The minimum absolute atomic E-state index is 0.0144. The van der Waals surface area contributed by atoms with Crippen LogP contribution in [0.4, 0.5) is 13.2 Å². The van der Waals surface area contributed by atoms with Gasteiger partial charge in [-0.05, 0) is 35.9 Å². The number of hydrogen-bond acceptors (Lipinski definition) is 1. The van der Waals surface area contributed by atoms with E-state index in [1.54, 1.807) is 6.07 Å². The van der Waals surface area contributed by atoms with Crippen LogP contribution in [0.1, 0.15) is 5.56 Å². The van der Waals surface area contributed by atoms with Crippen molar-refractivity contribution in [3.05, 3.63) is 58.4 Å². The second kappa shape index (κ2) is 4.71. The first-order chi connectivity index (χ1) is 8.51. The first kappa shape index (κ1) is 12.5. The highest BCUT2D eigenvalue weighted by Crippen LogP contribution is 2.29. The predicted molar refractivity (Wildman–Crippen MR) is 61.5 cm³/mol. The number of nitriles is 1. The van der Waals surface area contributed by atoms with E-state index < -0.39 is 23.0 Å².